The summed E-state index contributed by atoms with van der Waals surface area (Å²) in [6.07, 6.45) is 4.24. The molecule has 0 aromatic carbocycles. The third-order valence-corrected chi connectivity index (χ3v) is 5.37. The van der Waals surface area contributed by atoms with Crippen LogP contribution in [-0.2, 0) is 9.84 Å². The largest absolute Gasteiger partial charge is 0.509 e. The maximum absolute atomic E-state index is 12.5. The Bertz CT molecular complexity index is 645. The van der Waals surface area contributed by atoms with Crippen molar-refractivity contribution in [2.24, 2.45) is 22.9 Å². The first-order valence-electron chi connectivity index (χ1n) is 6.08. The fourth-order valence-electron chi connectivity index (χ4n) is 2.07. The van der Waals surface area contributed by atoms with Gasteiger partial charge in [-0.15, -0.1) is 0 Å². The lowest BCUT2D eigenvalue weighted by Crippen LogP contribution is -2.54. The third kappa shape index (κ3) is 2.74. The second kappa shape index (κ2) is 4.68. The first-order valence-corrected chi connectivity index (χ1v) is 7.56. The lowest BCUT2D eigenvalue weighted by atomic mass is 10.0. The molecule has 0 aromatic heterocycles. The molecule has 0 heterocycles. The first-order chi connectivity index (χ1) is 9.47. The molecule has 9 heteroatoms. The molecule has 10 N–H and O–H groups in total. The Balaban J connectivity index is 2.42. The standard InChI is InChI=1S/C12H18N4O4S/c13-11(14)5-7(1-3-9(11)17)21(19,20)8-2-4-10(18)12(15,16)6-8/h1-4,17-18H,5-6,13-16H2. The summed E-state index contributed by atoms with van der Waals surface area (Å²) in [7, 11) is -3.88. The van der Waals surface area contributed by atoms with E-state index in [1.165, 1.54) is 12.2 Å². The molecule has 0 aromatic rings. The molecule has 8 nitrogen and oxygen atoms in total. The van der Waals surface area contributed by atoms with Crippen molar-refractivity contribution < 1.29 is 18.6 Å². The Hall–Kier alpha value is -1.65. The van der Waals surface area contributed by atoms with Gasteiger partial charge in [-0.3, -0.25) is 0 Å². The summed E-state index contributed by atoms with van der Waals surface area (Å²) < 4.78 is 25.1. The molecule has 116 valence electrons. The molecule has 0 saturated heterocycles. The molecule has 2 aliphatic carbocycles. The van der Waals surface area contributed by atoms with E-state index in [9.17, 15) is 18.6 Å². The fraction of sp³-hybridized carbons (Fsp3) is 0.333. The fourth-order valence-corrected chi connectivity index (χ4v) is 3.76. The molecule has 0 atom stereocenters. The summed E-state index contributed by atoms with van der Waals surface area (Å²) in [5, 5.41) is 19.0. The highest BCUT2D eigenvalue weighted by Gasteiger charge is 2.38. The van der Waals surface area contributed by atoms with Crippen LogP contribution in [-0.4, -0.2) is 30.0 Å². The van der Waals surface area contributed by atoms with Gasteiger partial charge in [-0.1, -0.05) is 0 Å². The van der Waals surface area contributed by atoms with Gasteiger partial charge in [-0.25, -0.2) is 8.42 Å². The van der Waals surface area contributed by atoms with Crippen LogP contribution >= 0.6 is 0 Å². The summed E-state index contributed by atoms with van der Waals surface area (Å²) in [4.78, 5) is -0.107. The van der Waals surface area contributed by atoms with Crippen LogP contribution in [0.1, 0.15) is 12.8 Å². The van der Waals surface area contributed by atoms with Gasteiger partial charge >= 0.3 is 0 Å². The molecule has 0 spiro atoms. The lowest BCUT2D eigenvalue weighted by molar-refractivity contribution is 0.293. The van der Waals surface area contributed by atoms with Gasteiger partial charge in [0.15, 0.2) is 9.84 Å². The molecular weight excluding hydrogens is 296 g/mol. The zero-order valence-electron chi connectivity index (χ0n) is 11.2. The number of aliphatic hydroxyl groups excluding tert-OH is 2. The topological polar surface area (TPSA) is 179 Å². The molecule has 0 unspecified atom stereocenters. The van der Waals surface area contributed by atoms with Gasteiger partial charge in [-0.05, 0) is 24.3 Å². The van der Waals surface area contributed by atoms with Crippen LogP contribution in [0, 0.1) is 0 Å². The van der Waals surface area contributed by atoms with Crippen molar-refractivity contribution in [3.8, 4) is 0 Å². The quantitative estimate of drug-likeness (QED) is 0.354. The van der Waals surface area contributed by atoms with E-state index < -0.39 is 21.2 Å². The van der Waals surface area contributed by atoms with Crippen LogP contribution in [0.2, 0.25) is 0 Å². The van der Waals surface area contributed by atoms with E-state index >= 15 is 0 Å². The molecular formula is C12H18N4O4S. The SMILES string of the molecule is NC1(N)CC(S(=O)(=O)C2=CC=C(O)C(N)(N)C2)=CC=C1O. The minimum absolute atomic E-state index is 0.0536. The highest BCUT2D eigenvalue weighted by molar-refractivity contribution is 7.99. The summed E-state index contributed by atoms with van der Waals surface area (Å²) in [6, 6.07) is 0. The molecule has 21 heavy (non-hydrogen) atoms. The summed E-state index contributed by atoms with van der Waals surface area (Å²) in [5.41, 5.74) is 19.3. The van der Waals surface area contributed by atoms with Crippen LogP contribution in [0.3, 0.4) is 0 Å². The van der Waals surface area contributed by atoms with Crippen molar-refractivity contribution in [1.82, 2.24) is 0 Å². The number of rotatable bonds is 2. The molecule has 0 saturated carbocycles. The van der Waals surface area contributed by atoms with Gasteiger partial charge in [0.1, 0.15) is 22.8 Å². The van der Waals surface area contributed by atoms with E-state index in [0.717, 1.165) is 12.2 Å². The minimum atomic E-state index is -3.88. The Morgan fingerprint density at radius 2 is 1.14 bits per heavy atom. The van der Waals surface area contributed by atoms with Crippen molar-refractivity contribution in [2.45, 2.75) is 24.2 Å². The normalized spacial score (nSPS) is 24.6. The van der Waals surface area contributed by atoms with E-state index in [1.54, 1.807) is 0 Å². The number of nitrogens with two attached hydrogens (primary N) is 4. The second-order valence-corrected chi connectivity index (χ2v) is 7.36. The molecule has 0 bridgehead atoms. The smallest absolute Gasteiger partial charge is 0.199 e. The van der Waals surface area contributed by atoms with Gasteiger partial charge in [0.05, 0.1) is 9.81 Å². The van der Waals surface area contributed by atoms with E-state index in [1.807, 2.05) is 0 Å². The van der Waals surface area contributed by atoms with Gasteiger partial charge in [-0.2, -0.15) is 0 Å². The number of hydrogen-bond acceptors (Lipinski definition) is 8. The predicted molar refractivity (Wildman–Crippen MR) is 78.0 cm³/mol. The molecule has 0 radical (unpaired) electrons. The maximum atomic E-state index is 12.5. The van der Waals surface area contributed by atoms with E-state index in [4.69, 9.17) is 22.9 Å². The predicted octanol–water partition coefficient (Wildman–Crippen LogP) is -0.912. The molecule has 2 aliphatic rings. The average molecular weight is 314 g/mol. The van der Waals surface area contributed by atoms with Crippen molar-refractivity contribution >= 4 is 9.84 Å². The Morgan fingerprint density at radius 3 is 1.43 bits per heavy atom. The van der Waals surface area contributed by atoms with E-state index in [0.29, 0.717) is 0 Å². The first kappa shape index (κ1) is 15.7. The highest BCUT2D eigenvalue weighted by Crippen LogP contribution is 2.34. The van der Waals surface area contributed by atoms with Gasteiger partial charge < -0.3 is 33.1 Å². The molecule has 2 rings (SSSR count). The minimum Gasteiger partial charge on any atom is -0.509 e. The number of aliphatic hydroxyl groups is 2. The Kier molecular flexibility index (Phi) is 3.51. The number of hydrogen-bond donors (Lipinski definition) is 6. The summed E-state index contributed by atoms with van der Waals surface area (Å²) in [5.74, 6) is -0.604. The monoisotopic (exact) mass is 314 g/mol. The van der Waals surface area contributed by atoms with Gasteiger partial charge in [0.2, 0.25) is 0 Å². The van der Waals surface area contributed by atoms with Crippen molar-refractivity contribution in [3.05, 3.63) is 45.6 Å². The zero-order valence-corrected chi connectivity index (χ0v) is 12.0. The lowest BCUT2D eigenvalue weighted by Gasteiger charge is -2.31. The molecule has 0 aliphatic heterocycles. The second-order valence-electron chi connectivity index (χ2n) is 5.31. The number of sulfone groups is 1. The van der Waals surface area contributed by atoms with Crippen LogP contribution in [0.25, 0.3) is 0 Å². The average Bonchev–Trinajstić information content (AvgIpc) is 2.35. The van der Waals surface area contributed by atoms with Crippen LogP contribution in [0.15, 0.2) is 45.6 Å². The Labute approximate surface area is 122 Å². The summed E-state index contributed by atoms with van der Waals surface area (Å²) >= 11 is 0. The molecule has 0 amide bonds. The summed E-state index contributed by atoms with van der Waals surface area (Å²) in [6.45, 7) is 0. The van der Waals surface area contributed by atoms with E-state index in [-0.39, 0.29) is 34.2 Å². The number of allylic oxidation sites excluding steroid dienone is 4. The van der Waals surface area contributed by atoms with Crippen LogP contribution < -0.4 is 22.9 Å². The van der Waals surface area contributed by atoms with Crippen LogP contribution in [0.4, 0.5) is 0 Å². The van der Waals surface area contributed by atoms with Gasteiger partial charge in [0.25, 0.3) is 0 Å². The Morgan fingerprint density at radius 1 is 0.810 bits per heavy atom. The highest BCUT2D eigenvalue weighted by atomic mass is 32.2. The van der Waals surface area contributed by atoms with Crippen molar-refractivity contribution in [1.29, 1.82) is 0 Å². The zero-order chi connectivity index (χ0) is 16.1. The van der Waals surface area contributed by atoms with E-state index in [2.05, 4.69) is 0 Å². The van der Waals surface area contributed by atoms with Crippen molar-refractivity contribution in [2.75, 3.05) is 0 Å². The third-order valence-electron chi connectivity index (χ3n) is 3.43. The molecule has 0 fully saturated rings. The van der Waals surface area contributed by atoms with Gasteiger partial charge in [0, 0.05) is 12.8 Å². The van der Waals surface area contributed by atoms with Crippen molar-refractivity contribution in [3.63, 3.8) is 0 Å². The van der Waals surface area contributed by atoms with Crippen LogP contribution in [0.5, 0.6) is 0 Å². The maximum Gasteiger partial charge on any atom is 0.199 e.